The summed E-state index contributed by atoms with van der Waals surface area (Å²) in [6, 6.07) is -0.540. The second-order valence-electron chi connectivity index (χ2n) is 27.4. The minimum Gasteiger partial charge on any atom is -0.466 e. The summed E-state index contributed by atoms with van der Waals surface area (Å²) in [6.45, 7) is 5.01. The van der Waals surface area contributed by atoms with Crippen molar-refractivity contribution in [2.75, 3.05) is 13.2 Å². The van der Waals surface area contributed by atoms with E-state index >= 15 is 0 Å². The smallest absolute Gasteiger partial charge is 0.305 e. The van der Waals surface area contributed by atoms with Crippen LogP contribution >= 0.6 is 0 Å². The van der Waals surface area contributed by atoms with Gasteiger partial charge >= 0.3 is 5.97 Å². The van der Waals surface area contributed by atoms with Crippen molar-refractivity contribution >= 4 is 11.9 Å². The largest absolute Gasteiger partial charge is 0.466 e. The first-order valence-electron chi connectivity index (χ1n) is 39.4. The van der Waals surface area contributed by atoms with Crippen LogP contribution in [-0.2, 0) is 14.3 Å². The van der Waals surface area contributed by atoms with Crippen molar-refractivity contribution in [3.8, 4) is 0 Å². The molecule has 0 spiro atoms. The molecule has 0 bridgehead atoms. The lowest BCUT2D eigenvalue weighted by atomic mass is 10.0. The number of ether oxygens (including phenoxy) is 1. The summed E-state index contributed by atoms with van der Waals surface area (Å²) in [7, 11) is 0. The molecular weight excluding hydrogens is 1040 g/mol. The van der Waals surface area contributed by atoms with Crippen LogP contribution in [0.2, 0.25) is 0 Å². The lowest BCUT2D eigenvalue weighted by molar-refractivity contribution is -0.143. The zero-order chi connectivity index (χ0) is 61.3. The fourth-order valence-corrected chi connectivity index (χ4v) is 12.8. The first-order chi connectivity index (χ1) is 42.0. The van der Waals surface area contributed by atoms with Crippen LogP contribution in [0.3, 0.4) is 0 Å². The van der Waals surface area contributed by atoms with Gasteiger partial charge in [0.25, 0.3) is 0 Å². The van der Waals surface area contributed by atoms with Crippen molar-refractivity contribution in [2.45, 2.75) is 469 Å². The second-order valence-corrected chi connectivity index (χ2v) is 27.4. The molecule has 1 amide bonds. The summed E-state index contributed by atoms with van der Waals surface area (Å²) < 4.78 is 5.51. The molecule has 2 unspecified atom stereocenters. The van der Waals surface area contributed by atoms with Gasteiger partial charge in [0.1, 0.15) is 0 Å². The normalized spacial score (nSPS) is 12.5. The Morgan fingerprint density at radius 3 is 0.835 bits per heavy atom. The monoisotopic (exact) mass is 1200 g/mol. The number of rotatable bonds is 75. The fourth-order valence-electron chi connectivity index (χ4n) is 12.8. The number of esters is 1. The van der Waals surface area contributed by atoms with Crippen LogP contribution in [0, 0.1) is 0 Å². The van der Waals surface area contributed by atoms with Crippen molar-refractivity contribution < 1.29 is 24.5 Å². The van der Waals surface area contributed by atoms with Crippen molar-refractivity contribution in [2.24, 2.45) is 0 Å². The lowest BCUT2D eigenvalue weighted by Crippen LogP contribution is -2.45. The molecule has 85 heavy (non-hydrogen) atoms. The molecule has 0 saturated heterocycles. The molecule has 0 radical (unpaired) electrons. The molecule has 6 heteroatoms. The molecule has 0 aromatic carbocycles. The summed E-state index contributed by atoms with van der Waals surface area (Å²) in [5.74, 6) is -0.00894. The molecule has 6 nitrogen and oxygen atoms in total. The molecule has 0 aliphatic rings. The van der Waals surface area contributed by atoms with E-state index in [1.807, 2.05) is 0 Å². The number of carbonyl (C=O) groups is 2. The minimum absolute atomic E-state index is 0.0169. The lowest BCUT2D eigenvalue weighted by Gasteiger charge is -2.22. The van der Waals surface area contributed by atoms with Crippen LogP contribution in [0.1, 0.15) is 457 Å². The molecule has 0 saturated carbocycles. The van der Waals surface area contributed by atoms with Crippen LogP contribution in [-0.4, -0.2) is 47.4 Å². The van der Waals surface area contributed by atoms with E-state index in [1.54, 1.807) is 0 Å². The number of carbonyl (C=O) groups excluding carboxylic acids is 2. The van der Waals surface area contributed by atoms with Gasteiger partial charge in [-0.05, 0) is 51.4 Å². The van der Waals surface area contributed by atoms with Crippen LogP contribution in [0.4, 0.5) is 0 Å². The Labute approximate surface area is 533 Å². The molecular formula is C79H155NO5. The summed E-state index contributed by atoms with van der Waals surface area (Å²) in [5, 5.41) is 23.5. The third-order valence-corrected chi connectivity index (χ3v) is 18.8. The molecule has 0 aromatic rings. The maximum atomic E-state index is 12.6. The van der Waals surface area contributed by atoms with Crippen molar-refractivity contribution in [1.82, 2.24) is 5.32 Å². The Hall–Kier alpha value is -1.40. The van der Waals surface area contributed by atoms with Crippen LogP contribution in [0.15, 0.2) is 12.2 Å². The third-order valence-electron chi connectivity index (χ3n) is 18.8. The van der Waals surface area contributed by atoms with Crippen molar-refractivity contribution in [3.63, 3.8) is 0 Å². The zero-order valence-electron chi connectivity index (χ0n) is 58.1. The van der Waals surface area contributed by atoms with Crippen molar-refractivity contribution in [1.29, 1.82) is 0 Å². The highest BCUT2D eigenvalue weighted by atomic mass is 16.5. The van der Waals surface area contributed by atoms with E-state index in [1.165, 1.54) is 379 Å². The Morgan fingerprint density at radius 1 is 0.318 bits per heavy atom. The summed E-state index contributed by atoms with van der Waals surface area (Å²) in [6.07, 6.45) is 94.4. The van der Waals surface area contributed by atoms with Gasteiger partial charge in [-0.3, -0.25) is 9.59 Å². The van der Waals surface area contributed by atoms with Crippen LogP contribution in [0.25, 0.3) is 0 Å². The van der Waals surface area contributed by atoms with E-state index in [2.05, 4.69) is 31.3 Å². The van der Waals surface area contributed by atoms with E-state index in [9.17, 15) is 19.8 Å². The van der Waals surface area contributed by atoms with Gasteiger partial charge < -0.3 is 20.3 Å². The number of hydrogen-bond acceptors (Lipinski definition) is 5. The summed E-state index contributed by atoms with van der Waals surface area (Å²) >= 11 is 0. The Kier molecular flexibility index (Phi) is 73.8. The number of unbranched alkanes of at least 4 members (excludes halogenated alkanes) is 62. The van der Waals surface area contributed by atoms with Gasteiger partial charge in [0.15, 0.2) is 0 Å². The standard InChI is InChI=1S/C79H155NO5/c1-3-5-7-9-11-13-15-17-19-21-22-23-30-33-36-40-43-47-51-55-59-63-67-71-77(82)76(75-81)80-78(83)72-68-64-60-56-52-48-44-41-37-34-31-28-26-24-25-27-29-32-35-38-42-46-50-54-58-62-66-70-74-85-79(84)73-69-65-61-57-53-49-45-39-20-18-16-14-12-10-8-6-4-2/h18,20,76-77,81-82H,3-17,19,21-75H2,1-2H3,(H,80,83)/b20-18-. The number of nitrogens with one attached hydrogen (secondary N) is 1. The Morgan fingerprint density at radius 2 is 0.553 bits per heavy atom. The van der Waals surface area contributed by atoms with E-state index in [0.717, 1.165) is 44.9 Å². The molecule has 0 fully saturated rings. The Balaban J connectivity index is 3.34. The average molecular weight is 1200 g/mol. The Bertz CT molecular complexity index is 1290. The minimum atomic E-state index is -0.663. The fraction of sp³-hybridized carbons (Fsp3) is 0.949. The average Bonchev–Trinajstić information content (AvgIpc) is 3.51. The summed E-state index contributed by atoms with van der Waals surface area (Å²) in [5.41, 5.74) is 0. The number of amides is 1. The highest BCUT2D eigenvalue weighted by molar-refractivity contribution is 5.76. The highest BCUT2D eigenvalue weighted by Crippen LogP contribution is 2.20. The van der Waals surface area contributed by atoms with Gasteiger partial charge in [-0.1, -0.05) is 405 Å². The zero-order valence-corrected chi connectivity index (χ0v) is 58.1. The van der Waals surface area contributed by atoms with E-state index in [-0.39, 0.29) is 18.5 Å². The van der Waals surface area contributed by atoms with Crippen LogP contribution < -0.4 is 5.32 Å². The molecule has 0 aliphatic heterocycles. The van der Waals surface area contributed by atoms with E-state index < -0.39 is 12.1 Å². The van der Waals surface area contributed by atoms with Crippen LogP contribution in [0.5, 0.6) is 0 Å². The second kappa shape index (κ2) is 75.1. The molecule has 0 heterocycles. The molecule has 2 atom stereocenters. The topological polar surface area (TPSA) is 95.9 Å². The molecule has 0 aromatic heterocycles. The quantitative estimate of drug-likeness (QED) is 0.0320. The maximum absolute atomic E-state index is 12.6. The van der Waals surface area contributed by atoms with Crippen molar-refractivity contribution in [3.05, 3.63) is 12.2 Å². The molecule has 506 valence electrons. The molecule has 0 rings (SSSR count). The number of allylic oxidation sites excluding steroid dienone is 2. The van der Waals surface area contributed by atoms with Gasteiger partial charge in [-0.25, -0.2) is 0 Å². The van der Waals surface area contributed by atoms with Gasteiger partial charge in [0, 0.05) is 12.8 Å². The van der Waals surface area contributed by atoms with E-state index in [4.69, 9.17) is 4.74 Å². The van der Waals surface area contributed by atoms with Gasteiger partial charge in [-0.15, -0.1) is 0 Å². The SMILES string of the molecule is CCCCCCCC/C=C\CCCCCCCCCC(=O)OCCCCCCCCCCCCCCCCCCCCCCCCCCCCCCC(=O)NC(CO)C(O)CCCCCCCCCCCCCCCCCCCCCCCCC. The summed E-state index contributed by atoms with van der Waals surface area (Å²) in [4.78, 5) is 24.7. The van der Waals surface area contributed by atoms with Gasteiger partial charge in [-0.2, -0.15) is 0 Å². The number of hydrogen-bond donors (Lipinski definition) is 3. The first kappa shape index (κ1) is 83.6. The molecule has 3 N–H and O–H groups in total. The predicted molar refractivity (Wildman–Crippen MR) is 375 cm³/mol. The van der Waals surface area contributed by atoms with Gasteiger partial charge in [0.05, 0.1) is 25.4 Å². The molecule has 0 aliphatic carbocycles. The maximum Gasteiger partial charge on any atom is 0.305 e. The third kappa shape index (κ3) is 71.6. The highest BCUT2D eigenvalue weighted by Gasteiger charge is 2.20. The number of aliphatic hydroxyl groups excluding tert-OH is 2. The predicted octanol–water partition coefficient (Wildman–Crippen LogP) is 25.9. The van der Waals surface area contributed by atoms with E-state index in [0.29, 0.717) is 25.9 Å². The van der Waals surface area contributed by atoms with Gasteiger partial charge in [0.2, 0.25) is 5.91 Å². The first-order valence-corrected chi connectivity index (χ1v) is 39.4. The number of aliphatic hydroxyl groups is 2.